The Bertz CT molecular complexity index is 927. The van der Waals surface area contributed by atoms with E-state index in [1.807, 2.05) is 13.8 Å². The topological polar surface area (TPSA) is 76.1 Å². The third kappa shape index (κ3) is 3.77. The van der Waals surface area contributed by atoms with Gasteiger partial charge >= 0.3 is 5.97 Å². The highest BCUT2D eigenvalue weighted by molar-refractivity contribution is 6.15. The largest absolute Gasteiger partial charge is 0.507 e. The number of allylic oxidation sites excluding steroid dienone is 1. The number of Topliss-reactive ketones (excluding diaryl/α,β-unsaturated/α-hetero) is 1. The summed E-state index contributed by atoms with van der Waals surface area (Å²) in [6.45, 7) is 6.22. The van der Waals surface area contributed by atoms with Crippen molar-refractivity contribution in [3.8, 4) is 11.5 Å². The maximum absolute atomic E-state index is 12.7. The molecule has 1 heterocycles. The van der Waals surface area contributed by atoms with Crippen LogP contribution in [0.1, 0.15) is 45.7 Å². The summed E-state index contributed by atoms with van der Waals surface area (Å²) in [5.74, 6) is 0.0628. The molecule has 0 aliphatic carbocycles. The minimum atomic E-state index is -0.420. The smallest absolute Gasteiger partial charge is 0.337 e. The third-order valence-corrected chi connectivity index (χ3v) is 4.82. The first-order valence-electron chi connectivity index (χ1n) is 9.18. The normalized spacial score (nSPS) is 14.3. The average Bonchev–Trinajstić information content (AvgIpc) is 3.03. The summed E-state index contributed by atoms with van der Waals surface area (Å²) >= 11 is 0. The molecule has 0 spiro atoms. The van der Waals surface area contributed by atoms with E-state index >= 15 is 0 Å². The van der Waals surface area contributed by atoms with Gasteiger partial charge < -0.3 is 14.6 Å². The number of fused-ring (bicyclic) bond motifs is 1. The molecule has 0 aromatic heterocycles. The summed E-state index contributed by atoms with van der Waals surface area (Å²) in [5.41, 5.74) is 2.20. The molecule has 0 fully saturated rings. The van der Waals surface area contributed by atoms with Crippen LogP contribution in [-0.4, -0.2) is 42.0 Å². The molecule has 0 saturated carbocycles. The molecule has 0 atom stereocenters. The fraction of sp³-hybridized carbons (Fsp3) is 0.273. The molecule has 0 saturated heterocycles. The predicted octanol–water partition coefficient (Wildman–Crippen LogP) is 3.64. The number of carbonyl (C=O) groups excluding carboxylic acids is 2. The summed E-state index contributed by atoms with van der Waals surface area (Å²) in [6.07, 6.45) is 1.63. The number of nitrogens with zero attached hydrogens (tertiary/aromatic N) is 1. The maximum Gasteiger partial charge on any atom is 0.337 e. The Kier molecular flexibility index (Phi) is 5.80. The highest BCUT2D eigenvalue weighted by Gasteiger charge is 2.31. The van der Waals surface area contributed by atoms with E-state index in [-0.39, 0.29) is 17.3 Å². The molecule has 2 aromatic carbocycles. The fourth-order valence-electron chi connectivity index (χ4n) is 3.11. The molecule has 1 aliphatic rings. The first kappa shape index (κ1) is 19.6. The number of ketones is 1. The lowest BCUT2D eigenvalue weighted by atomic mass is 10.0. The summed E-state index contributed by atoms with van der Waals surface area (Å²) in [5, 5.41) is 10.3. The highest BCUT2D eigenvalue weighted by Crippen LogP contribution is 2.40. The van der Waals surface area contributed by atoms with Crippen molar-refractivity contribution in [2.75, 3.05) is 20.2 Å². The third-order valence-electron chi connectivity index (χ3n) is 4.82. The number of ether oxygens (including phenoxy) is 2. The van der Waals surface area contributed by atoms with Crippen molar-refractivity contribution in [2.24, 2.45) is 0 Å². The molecule has 0 radical (unpaired) electrons. The van der Waals surface area contributed by atoms with Crippen LogP contribution in [0.5, 0.6) is 11.5 Å². The molecule has 1 N–H and O–H groups in total. The van der Waals surface area contributed by atoms with E-state index < -0.39 is 5.97 Å². The Morgan fingerprint density at radius 3 is 2.43 bits per heavy atom. The van der Waals surface area contributed by atoms with E-state index in [2.05, 4.69) is 9.64 Å². The zero-order valence-electron chi connectivity index (χ0n) is 16.2. The Hall–Kier alpha value is -3.12. The SMILES string of the molecule is CCN(CC)Cc1c(O)ccc2c1OC(=Cc1ccc(C(=O)OC)cc1)C2=O. The molecule has 0 amide bonds. The van der Waals surface area contributed by atoms with Crippen LogP contribution in [0.3, 0.4) is 0 Å². The fourth-order valence-corrected chi connectivity index (χ4v) is 3.11. The molecular weight excluding hydrogens is 358 g/mol. The zero-order chi connectivity index (χ0) is 20.3. The van der Waals surface area contributed by atoms with Gasteiger partial charge in [-0.05, 0) is 49.0 Å². The number of hydrogen-bond acceptors (Lipinski definition) is 6. The molecule has 28 heavy (non-hydrogen) atoms. The van der Waals surface area contributed by atoms with E-state index in [1.165, 1.54) is 13.2 Å². The van der Waals surface area contributed by atoms with Gasteiger partial charge in [0, 0.05) is 6.54 Å². The van der Waals surface area contributed by atoms with Gasteiger partial charge in [0.15, 0.2) is 5.76 Å². The van der Waals surface area contributed by atoms with Crippen molar-refractivity contribution < 1.29 is 24.2 Å². The van der Waals surface area contributed by atoms with E-state index in [1.54, 1.807) is 36.4 Å². The molecule has 2 aromatic rings. The first-order valence-corrected chi connectivity index (χ1v) is 9.18. The minimum Gasteiger partial charge on any atom is -0.507 e. The molecule has 0 bridgehead atoms. The number of rotatable bonds is 6. The van der Waals surface area contributed by atoms with Crippen LogP contribution in [0, 0.1) is 0 Å². The van der Waals surface area contributed by atoms with Crippen LogP contribution in [-0.2, 0) is 11.3 Å². The molecule has 0 unspecified atom stereocenters. The van der Waals surface area contributed by atoms with Crippen LogP contribution in [0.4, 0.5) is 0 Å². The lowest BCUT2D eigenvalue weighted by Gasteiger charge is -2.20. The number of aromatic hydroxyl groups is 1. The molecule has 6 heteroatoms. The lowest BCUT2D eigenvalue weighted by molar-refractivity contribution is 0.0600. The Labute approximate surface area is 164 Å². The van der Waals surface area contributed by atoms with Crippen molar-refractivity contribution in [1.82, 2.24) is 4.90 Å². The van der Waals surface area contributed by atoms with E-state index in [9.17, 15) is 14.7 Å². The first-order chi connectivity index (χ1) is 13.5. The zero-order valence-corrected chi connectivity index (χ0v) is 16.2. The molecule has 1 aliphatic heterocycles. The van der Waals surface area contributed by atoms with Crippen LogP contribution in [0.25, 0.3) is 6.08 Å². The van der Waals surface area contributed by atoms with Gasteiger partial charge in [-0.2, -0.15) is 0 Å². The van der Waals surface area contributed by atoms with Gasteiger partial charge in [-0.1, -0.05) is 26.0 Å². The van der Waals surface area contributed by atoms with Crippen molar-refractivity contribution in [3.05, 3.63) is 64.4 Å². The predicted molar refractivity (Wildman–Crippen MR) is 105 cm³/mol. The van der Waals surface area contributed by atoms with Crippen molar-refractivity contribution in [1.29, 1.82) is 0 Å². The van der Waals surface area contributed by atoms with Gasteiger partial charge in [0.05, 0.1) is 23.8 Å². The van der Waals surface area contributed by atoms with Gasteiger partial charge in [-0.15, -0.1) is 0 Å². The quantitative estimate of drug-likeness (QED) is 0.608. The van der Waals surface area contributed by atoms with Gasteiger partial charge in [0.2, 0.25) is 5.78 Å². The number of benzene rings is 2. The van der Waals surface area contributed by atoms with Gasteiger partial charge in [-0.25, -0.2) is 4.79 Å². The second-order valence-electron chi connectivity index (χ2n) is 6.45. The number of phenols is 1. The summed E-state index contributed by atoms with van der Waals surface area (Å²) in [4.78, 5) is 26.4. The van der Waals surface area contributed by atoms with E-state index in [0.29, 0.717) is 29.0 Å². The summed E-state index contributed by atoms with van der Waals surface area (Å²) < 4.78 is 10.5. The number of carbonyl (C=O) groups is 2. The summed E-state index contributed by atoms with van der Waals surface area (Å²) in [6, 6.07) is 9.80. The van der Waals surface area contributed by atoms with Gasteiger partial charge in [0.1, 0.15) is 11.5 Å². The monoisotopic (exact) mass is 381 g/mol. The maximum atomic E-state index is 12.7. The van der Waals surface area contributed by atoms with Gasteiger partial charge in [-0.3, -0.25) is 9.69 Å². The minimum absolute atomic E-state index is 0.113. The standard InChI is InChI=1S/C22H23NO5/c1-4-23(5-2)13-17-18(24)11-10-16-20(25)19(28-21(16)17)12-14-6-8-15(9-7-14)22(26)27-3/h6-12,24H,4-5,13H2,1-3H3. The van der Waals surface area contributed by atoms with Crippen molar-refractivity contribution in [3.63, 3.8) is 0 Å². The van der Waals surface area contributed by atoms with E-state index in [0.717, 1.165) is 18.7 Å². The molecule has 146 valence electrons. The van der Waals surface area contributed by atoms with Crippen LogP contribution in [0.2, 0.25) is 0 Å². The Balaban J connectivity index is 1.91. The van der Waals surface area contributed by atoms with Crippen LogP contribution in [0.15, 0.2) is 42.2 Å². The molecule has 3 rings (SSSR count). The van der Waals surface area contributed by atoms with Crippen molar-refractivity contribution >= 4 is 17.8 Å². The molecular formula is C22H23NO5. The number of phenolic OH excluding ortho intramolecular Hbond substituents is 1. The van der Waals surface area contributed by atoms with E-state index in [4.69, 9.17) is 4.74 Å². The average molecular weight is 381 g/mol. The Morgan fingerprint density at radius 1 is 1.14 bits per heavy atom. The van der Waals surface area contributed by atoms with Crippen LogP contribution >= 0.6 is 0 Å². The Morgan fingerprint density at radius 2 is 1.82 bits per heavy atom. The lowest BCUT2D eigenvalue weighted by Crippen LogP contribution is -2.22. The number of esters is 1. The van der Waals surface area contributed by atoms with Crippen LogP contribution < -0.4 is 4.74 Å². The second-order valence-corrected chi connectivity index (χ2v) is 6.45. The highest BCUT2D eigenvalue weighted by atomic mass is 16.5. The van der Waals surface area contributed by atoms with Gasteiger partial charge in [0.25, 0.3) is 0 Å². The van der Waals surface area contributed by atoms with Crippen molar-refractivity contribution in [2.45, 2.75) is 20.4 Å². The number of hydrogen-bond donors (Lipinski definition) is 1. The number of methoxy groups -OCH3 is 1. The summed E-state index contributed by atoms with van der Waals surface area (Å²) in [7, 11) is 1.33. The second kappa shape index (κ2) is 8.27. The molecule has 6 nitrogen and oxygen atoms in total.